The van der Waals surface area contributed by atoms with Crippen LogP contribution in [0.4, 0.5) is 10.5 Å². The van der Waals surface area contributed by atoms with Gasteiger partial charge in [-0.05, 0) is 36.8 Å². The van der Waals surface area contributed by atoms with E-state index in [2.05, 4.69) is 5.32 Å². The number of carbonyl (C=O) groups is 3. The van der Waals surface area contributed by atoms with Crippen molar-refractivity contribution in [3.05, 3.63) is 100 Å². The number of aryl methyl sites for hydroxylation is 1. The molecule has 0 aliphatic carbocycles. The Bertz CT molecular complexity index is 1250. The summed E-state index contributed by atoms with van der Waals surface area (Å²) in [6, 6.07) is 20.5. The summed E-state index contributed by atoms with van der Waals surface area (Å²) in [5.41, 5.74) is 2.31. The fourth-order valence-electron chi connectivity index (χ4n) is 3.35. The van der Waals surface area contributed by atoms with Crippen LogP contribution in [0.25, 0.3) is 6.08 Å². The van der Waals surface area contributed by atoms with E-state index < -0.39 is 17.8 Å². The van der Waals surface area contributed by atoms with E-state index in [9.17, 15) is 14.4 Å². The molecule has 0 unspecified atom stereocenters. The van der Waals surface area contributed by atoms with Crippen molar-refractivity contribution < 1.29 is 19.1 Å². The van der Waals surface area contributed by atoms with Gasteiger partial charge in [0.05, 0.1) is 5.69 Å². The highest BCUT2D eigenvalue weighted by Gasteiger charge is 2.37. The molecule has 0 aromatic heterocycles. The van der Waals surface area contributed by atoms with E-state index in [4.69, 9.17) is 16.3 Å². The highest BCUT2D eigenvalue weighted by atomic mass is 35.5. The molecule has 160 valence electrons. The summed E-state index contributed by atoms with van der Waals surface area (Å²) >= 11 is 6.20. The van der Waals surface area contributed by atoms with E-state index in [1.165, 1.54) is 6.08 Å². The SMILES string of the molecule is Cc1ccccc1N1C(=O)NC(=O)/C(=C\c2ccccc2OCc2ccccc2Cl)C1=O. The van der Waals surface area contributed by atoms with Crippen molar-refractivity contribution in [1.82, 2.24) is 5.32 Å². The Labute approximate surface area is 190 Å². The Morgan fingerprint density at radius 1 is 0.938 bits per heavy atom. The van der Waals surface area contributed by atoms with Gasteiger partial charge in [-0.15, -0.1) is 0 Å². The second kappa shape index (κ2) is 9.08. The number of rotatable bonds is 5. The van der Waals surface area contributed by atoms with Crippen molar-refractivity contribution in [1.29, 1.82) is 0 Å². The van der Waals surface area contributed by atoms with Gasteiger partial charge in [0.15, 0.2) is 0 Å². The number of hydrogen-bond donors (Lipinski definition) is 1. The van der Waals surface area contributed by atoms with E-state index in [-0.39, 0.29) is 12.2 Å². The Kier molecular flexibility index (Phi) is 6.05. The fourth-order valence-corrected chi connectivity index (χ4v) is 3.54. The standard InChI is InChI=1S/C25H19ClN2O4/c1-16-8-2-6-12-21(16)28-24(30)19(23(29)27-25(28)31)14-17-9-4-7-13-22(17)32-15-18-10-3-5-11-20(18)26/h2-14H,15H2,1H3,(H,27,29,31)/b19-14+. The molecule has 0 atom stereocenters. The number of hydrogen-bond acceptors (Lipinski definition) is 4. The quantitative estimate of drug-likeness (QED) is 0.447. The van der Waals surface area contributed by atoms with Gasteiger partial charge >= 0.3 is 6.03 Å². The van der Waals surface area contributed by atoms with Crippen LogP contribution in [-0.2, 0) is 16.2 Å². The largest absolute Gasteiger partial charge is 0.488 e. The zero-order chi connectivity index (χ0) is 22.7. The van der Waals surface area contributed by atoms with Crippen molar-refractivity contribution in [3.8, 4) is 5.75 Å². The summed E-state index contributed by atoms with van der Waals surface area (Å²) < 4.78 is 5.92. The highest BCUT2D eigenvalue weighted by molar-refractivity contribution is 6.39. The van der Waals surface area contributed by atoms with Crippen LogP contribution in [0.1, 0.15) is 16.7 Å². The maximum atomic E-state index is 13.2. The first-order valence-corrected chi connectivity index (χ1v) is 10.3. The third kappa shape index (κ3) is 4.26. The molecule has 1 aliphatic rings. The minimum atomic E-state index is -0.783. The molecule has 4 rings (SSSR count). The number of benzene rings is 3. The van der Waals surface area contributed by atoms with Gasteiger partial charge in [-0.2, -0.15) is 0 Å². The fraction of sp³-hybridized carbons (Fsp3) is 0.0800. The average Bonchev–Trinajstić information content (AvgIpc) is 2.78. The van der Waals surface area contributed by atoms with Gasteiger partial charge in [-0.3, -0.25) is 14.9 Å². The summed E-state index contributed by atoms with van der Waals surface area (Å²) in [6.07, 6.45) is 1.43. The number of anilines is 1. The lowest BCUT2D eigenvalue weighted by molar-refractivity contribution is -0.122. The summed E-state index contributed by atoms with van der Waals surface area (Å²) in [4.78, 5) is 39.1. The summed E-state index contributed by atoms with van der Waals surface area (Å²) in [6.45, 7) is 2.00. The molecule has 1 saturated heterocycles. The Morgan fingerprint density at radius 2 is 1.62 bits per heavy atom. The zero-order valence-electron chi connectivity index (χ0n) is 17.2. The van der Waals surface area contributed by atoms with E-state index in [0.29, 0.717) is 22.0 Å². The van der Waals surface area contributed by atoms with Gasteiger partial charge < -0.3 is 4.74 Å². The molecular weight excluding hydrogens is 428 g/mol. The number of halogens is 1. The molecule has 32 heavy (non-hydrogen) atoms. The predicted molar refractivity (Wildman–Crippen MR) is 122 cm³/mol. The number of amides is 4. The molecule has 0 spiro atoms. The first-order valence-electron chi connectivity index (χ1n) is 9.88. The van der Waals surface area contributed by atoms with Crippen LogP contribution < -0.4 is 15.0 Å². The second-order valence-electron chi connectivity index (χ2n) is 7.16. The lowest BCUT2D eigenvalue weighted by Crippen LogP contribution is -2.54. The van der Waals surface area contributed by atoms with Crippen LogP contribution in [-0.4, -0.2) is 17.8 Å². The molecule has 1 N–H and O–H groups in total. The van der Waals surface area contributed by atoms with Crippen LogP contribution in [0.15, 0.2) is 78.4 Å². The van der Waals surface area contributed by atoms with Gasteiger partial charge in [-0.1, -0.05) is 66.2 Å². The van der Waals surface area contributed by atoms with Crippen LogP contribution >= 0.6 is 11.6 Å². The minimum Gasteiger partial charge on any atom is -0.488 e. The molecule has 1 aliphatic heterocycles. The van der Waals surface area contributed by atoms with Crippen molar-refractivity contribution >= 4 is 41.2 Å². The summed E-state index contributed by atoms with van der Waals surface area (Å²) in [5, 5.41) is 2.82. The van der Waals surface area contributed by atoms with E-state index in [0.717, 1.165) is 16.0 Å². The smallest absolute Gasteiger partial charge is 0.335 e. The normalized spacial score (nSPS) is 15.1. The Morgan fingerprint density at radius 3 is 2.41 bits per heavy atom. The molecule has 0 bridgehead atoms. The molecule has 7 heteroatoms. The number of nitrogens with zero attached hydrogens (tertiary/aromatic N) is 1. The monoisotopic (exact) mass is 446 g/mol. The Hall–Kier alpha value is -3.90. The number of imide groups is 2. The lowest BCUT2D eigenvalue weighted by atomic mass is 10.1. The zero-order valence-corrected chi connectivity index (χ0v) is 17.9. The van der Waals surface area contributed by atoms with Crippen molar-refractivity contribution in [2.24, 2.45) is 0 Å². The van der Waals surface area contributed by atoms with Crippen molar-refractivity contribution in [3.63, 3.8) is 0 Å². The molecular formula is C25H19ClN2O4. The second-order valence-corrected chi connectivity index (χ2v) is 7.57. The van der Waals surface area contributed by atoms with E-state index in [1.54, 1.807) is 61.5 Å². The van der Waals surface area contributed by atoms with Gasteiger partial charge in [0.1, 0.15) is 17.9 Å². The van der Waals surface area contributed by atoms with Gasteiger partial charge in [-0.25, -0.2) is 9.69 Å². The van der Waals surface area contributed by atoms with Crippen LogP contribution in [0.5, 0.6) is 5.75 Å². The first kappa shape index (κ1) is 21.3. The third-order valence-corrected chi connectivity index (χ3v) is 5.39. The Balaban J connectivity index is 1.66. The van der Waals surface area contributed by atoms with Gasteiger partial charge in [0.2, 0.25) is 0 Å². The number of urea groups is 1. The first-order chi connectivity index (χ1) is 15.5. The van der Waals surface area contributed by atoms with Gasteiger partial charge in [0, 0.05) is 16.1 Å². The molecule has 3 aromatic rings. The van der Waals surface area contributed by atoms with Crippen LogP contribution in [0.3, 0.4) is 0 Å². The summed E-state index contributed by atoms with van der Waals surface area (Å²) in [7, 11) is 0. The topological polar surface area (TPSA) is 75.7 Å². The summed E-state index contributed by atoms with van der Waals surface area (Å²) in [5.74, 6) is -0.987. The lowest BCUT2D eigenvalue weighted by Gasteiger charge is -2.27. The highest BCUT2D eigenvalue weighted by Crippen LogP contribution is 2.28. The predicted octanol–water partition coefficient (Wildman–Crippen LogP) is 4.89. The molecule has 0 radical (unpaired) electrons. The van der Waals surface area contributed by atoms with Crippen LogP contribution in [0.2, 0.25) is 5.02 Å². The van der Waals surface area contributed by atoms with Crippen molar-refractivity contribution in [2.75, 3.05) is 4.90 Å². The average molecular weight is 447 g/mol. The molecule has 1 heterocycles. The molecule has 1 fully saturated rings. The minimum absolute atomic E-state index is 0.165. The van der Waals surface area contributed by atoms with E-state index in [1.807, 2.05) is 18.2 Å². The van der Waals surface area contributed by atoms with Crippen molar-refractivity contribution in [2.45, 2.75) is 13.5 Å². The number of barbiturate groups is 1. The molecule has 4 amide bonds. The van der Waals surface area contributed by atoms with Gasteiger partial charge in [0.25, 0.3) is 11.8 Å². The maximum absolute atomic E-state index is 13.2. The maximum Gasteiger partial charge on any atom is 0.335 e. The molecule has 3 aromatic carbocycles. The number of nitrogens with one attached hydrogen (secondary N) is 1. The molecule has 6 nitrogen and oxygen atoms in total. The van der Waals surface area contributed by atoms with E-state index >= 15 is 0 Å². The van der Waals surface area contributed by atoms with Crippen LogP contribution in [0, 0.1) is 6.92 Å². The third-order valence-electron chi connectivity index (χ3n) is 5.02. The molecule has 0 saturated carbocycles. The number of ether oxygens (including phenoxy) is 1. The number of carbonyl (C=O) groups excluding carboxylic acids is 3. The number of para-hydroxylation sites is 2.